The Balaban J connectivity index is 4.48. The van der Waals surface area contributed by atoms with Crippen LogP contribution in [0.4, 0.5) is 0 Å². The number of unbranched alkanes of at least 4 members (excludes halogenated alkanes) is 4. The normalized spacial score (nSPS) is 12.5. The van der Waals surface area contributed by atoms with Crippen molar-refractivity contribution < 1.29 is 23.9 Å². The van der Waals surface area contributed by atoms with Crippen molar-refractivity contribution in [2.45, 2.75) is 92.4 Å². The SMILES string of the molecule is CCCCCCC(=O)C(CCCCC(C)(C)C(=O)OCC)C(=O)OCC. The van der Waals surface area contributed by atoms with E-state index in [1.807, 2.05) is 13.8 Å². The van der Waals surface area contributed by atoms with Gasteiger partial charge in [-0.1, -0.05) is 39.0 Å². The average Bonchev–Trinajstić information content (AvgIpc) is 2.58. The highest BCUT2D eigenvalue weighted by Gasteiger charge is 2.30. The van der Waals surface area contributed by atoms with Crippen molar-refractivity contribution in [1.29, 1.82) is 0 Å². The van der Waals surface area contributed by atoms with Gasteiger partial charge in [0, 0.05) is 6.42 Å². The molecule has 0 saturated heterocycles. The molecular weight excluding hydrogens is 332 g/mol. The van der Waals surface area contributed by atoms with Gasteiger partial charge >= 0.3 is 11.9 Å². The number of esters is 2. The Morgan fingerprint density at radius 1 is 0.846 bits per heavy atom. The molecule has 152 valence electrons. The molecule has 0 heterocycles. The molecule has 0 bridgehead atoms. The number of hydrogen-bond acceptors (Lipinski definition) is 5. The molecule has 0 fully saturated rings. The standard InChI is InChI=1S/C21H38O5/c1-6-9-10-11-15-18(22)17(19(23)25-7-2)14-12-13-16-21(4,5)20(24)26-8-3/h17H,6-16H2,1-5H3. The predicted octanol–water partition coefficient (Wildman–Crippen LogP) is 4.85. The van der Waals surface area contributed by atoms with Gasteiger partial charge in [0.1, 0.15) is 11.7 Å². The number of carbonyl (C=O) groups excluding carboxylic acids is 3. The maximum Gasteiger partial charge on any atom is 0.316 e. The van der Waals surface area contributed by atoms with Crippen LogP contribution in [0.1, 0.15) is 92.4 Å². The van der Waals surface area contributed by atoms with E-state index in [0.29, 0.717) is 32.3 Å². The molecule has 5 heteroatoms. The van der Waals surface area contributed by atoms with E-state index >= 15 is 0 Å². The first-order valence-corrected chi connectivity index (χ1v) is 10.2. The van der Waals surface area contributed by atoms with Crippen molar-refractivity contribution in [1.82, 2.24) is 0 Å². The van der Waals surface area contributed by atoms with E-state index < -0.39 is 17.3 Å². The minimum atomic E-state index is -0.665. The molecule has 1 unspecified atom stereocenters. The molecule has 0 rings (SSSR count). The first-order chi connectivity index (χ1) is 12.3. The number of ketones is 1. The van der Waals surface area contributed by atoms with Crippen LogP contribution in [0.5, 0.6) is 0 Å². The third kappa shape index (κ3) is 9.93. The molecule has 0 amide bonds. The second-order valence-corrected chi connectivity index (χ2v) is 7.43. The third-order valence-corrected chi connectivity index (χ3v) is 4.61. The molecule has 0 aliphatic carbocycles. The van der Waals surface area contributed by atoms with Crippen LogP contribution in [-0.2, 0) is 23.9 Å². The summed E-state index contributed by atoms with van der Waals surface area (Å²) in [7, 11) is 0. The van der Waals surface area contributed by atoms with Gasteiger partial charge in [-0.25, -0.2) is 0 Å². The quantitative estimate of drug-likeness (QED) is 0.234. The Labute approximate surface area is 159 Å². The Kier molecular flexibility index (Phi) is 13.0. The van der Waals surface area contributed by atoms with Gasteiger partial charge in [-0.05, 0) is 47.0 Å². The van der Waals surface area contributed by atoms with Gasteiger partial charge in [0.05, 0.1) is 18.6 Å². The van der Waals surface area contributed by atoms with Crippen molar-refractivity contribution in [3.05, 3.63) is 0 Å². The molecule has 1 atom stereocenters. The summed E-state index contributed by atoms with van der Waals surface area (Å²) in [6.07, 6.45) is 7.17. The van der Waals surface area contributed by atoms with Crippen LogP contribution in [0.25, 0.3) is 0 Å². The van der Waals surface area contributed by atoms with Crippen molar-refractivity contribution in [3.8, 4) is 0 Å². The lowest BCUT2D eigenvalue weighted by molar-refractivity contribution is -0.154. The second kappa shape index (κ2) is 13.8. The van der Waals surface area contributed by atoms with Crippen LogP contribution in [0.15, 0.2) is 0 Å². The molecule has 26 heavy (non-hydrogen) atoms. The van der Waals surface area contributed by atoms with Gasteiger partial charge in [0.25, 0.3) is 0 Å². The van der Waals surface area contributed by atoms with Crippen molar-refractivity contribution in [2.24, 2.45) is 11.3 Å². The summed E-state index contributed by atoms with van der Waals surface area (Å²) in [6.45, 7) is 10.1. The fourth-order valence-electron chi connectivity index (χ4n) is 2.90. The molecule has 0 aliphatic heterocycles. The highest BCUT2D eigenvalue weighted by Crippen LogP contribution is 2.26. The van der Waals surface area contributed by atoms with Gasteiger partial charge in [-0.15, -0.1) is 0 Å². The van der Waals surface area contributed by atoms with Gasteiger partial charge in [-0.3, -0.25) is 14.4 Å². The van der Waals surface area contributed by atoms with E-state index in [2.05, 4.69) is 6.92 Å². The summed E-state index contributed by atoms with van der Waals surface area (Å²) < 4.78 is 10.2. The largest absolute Gasteiger partial charge is 0.466 e. The Morgan fingerprint density at radius 3 is 2.08 bits per heavy atom. The van der Waals surface area contributed by atoms with Gasteiger partial charge < -0.3 is 9.47 Å². The number of hydrogen-bond donors (Lipinski definition) is 0. The van der Waals surface area contributed by atoms with Crippen LogP contribution in [0, 0.1) is 11.3 Å². The summed E-state index contributed by atoms with van der Waals surface area (Å²) in [5, 5.41) is 0. The predicted molar refractivity (Wildman–Crippen MR) is 103 cm³/mol. The molecule has 0 radical (unpaired) electrons. The lowest BCUT2D eigenvalue weighted by atomic mass is 9.85. The van der Waals surface area contributed by atoms with Crippen molar-refractivity contribution >= 4 is 17.7 Å². The summed E-state index contributed by atoms with van der Waals surface area (Å²) in [4.78, 5) is 36.5. The molecule has 0 N–H and O–H groups in total. The molecular formula is C21H38O5. The zero-order valence-electron chi connectivity index (χ0n) is 17.4. The van der Waals surface area contributed by atoms with Crippen molar-refractivity contribution in [3.63, 3.8) is 0 Å². The fourth-order valence-corrected chi connectivity index (χ4v) is 2.90. The lowest BCUT2D eigenvalue weighted by Crippen LogP contribution is -2.28. The van der Waals surface area contributed by atoms with E-state index in [9.17, 15) is 14.4 Å². The molecule has 0 spiro atoms. The van der Waals surface area contributed by atoms with Gasteiger partial charge in [0.15, 0.2) is 0 Å². The summed E-state index contributed by atoms with van der Waals surface area (Å²) in [5.74, 6) is -1.28. The maximum atomic E-state index is 12.4. The zero-order chi connectivity index (χ0) is 20.0. The van der Waals surface area contributed by atoms with E-state index in [1.54, 1.807) is 13.8 Å². The van der Waals surface area contributed by atoms with Gasteiger partial charge in [0.2, 0.25) is 0 Å². The second-order valence-electron chi connectivity index (χ2n) is 7.43. The van der Waals surface area contributed by atoms with E-state index in [1.165, 1.54) is 0 Å². The monoisotopic (exact) mass is 370 g/mol. The number of Topliss-reactive ketones (excluding diaryl/α,β-unsaturated/α-hetero) is 1. The van der Waals surface area contributed by atoms with Crippen LogP contribution in [-0.4, -0.2) is 30.9 Å². The van der Waals surface area contributed by atoms with Gasteiger partial charge in [-0.2, -0.15) is 0 Å². The minimum Gasteiger partial charge on any atom is -0.466 e. The fraction of sp³-hybridized carbons (Fsp3) is 0.857. The maximum absolute atomic E-state index is 12.4. The first kappa shape index (κ1) is 24.6. The first-order valence-electron chi connectivity index (χ1n) is 10.2. The Bertz CT molecular complexity index is 428. The van der Waals surface area contributed by atoms with Crippen LogP contribution in [0.2, 0.25) is 0 Å². The number of ether oxygens (including phenoxy) is 2. The molecule has 0 aliphatic rings. The van der Waals surface area contributed by atoms with E-state index in [0.717, 1.165) is 32.1 Å². The zero-order valence-corrected chi connectivity index (χ0v) is 17.4. The Morgan fingerprint density at radius 2 is 1.50 bits per heavy atom. The average molecular weight is 371 g/mol. The van der Waals surface area contributed by atoms with E-state index in [4.69, 9.17) is 9.47 Å². The van der Waals surface area contributed by atoms with Crippen LogP contribution in [0.3, 0.4) is 0 Å². The topological polar surface area (TPSA) is 69.7 Å². The highest BCUT2D eigenvalue weighted by molar-refractivity contribution is 5.98. The summed E-state index contributed by atoms with van der Waals surface area (Å²) in [5.41, 5.74) is -0.542. The van der Waals surface area contributed by atoms with Crippen LogP contribution < -0.4 is 0 Å². The lowest BCUT2D eigenvalue weighted by Gasteiger charge is -2.22. The summed E-state index contributed by atoms with van der Waals surface area (Å²) >= 11 is 0. The molecule has 5 nitrogen and oxygen atoms in total. The molecule has 0 aromatic carbocycles. The Hall–Kier alpha value is -1.39. The highest BCUT2D eigenvalue weighted by atomic mass is 16.5. The molecule has 0 aromatic heterocycles. The molecule has 0 saturated carbocycles. The van der Waals surface area contributed by atoms with Crippen molar-refractivity contribution in [2.75, 3.05) is 13.2 Å². The minimum absolute atomic E-state index is 0.00999. The summed E-state index contributed by atoms with van der Waals surface area (Å²) in [6, 6.07) is 0. The number of carbonyl (C=O) groups is 3. The van der Waals surface area contributed by atoms with E-state index in [-0.39, 0.29) is 18.4 Å². The van der Waals surface area contributed by atoms with Crippen LogP contribution >= 0.6 is 0 Å². The smallest absolute Gasteiger partial charge is 0.316 e. The molecule has 0 aromatic rings. The third-order valence-electron chi connectivity index (χ3n) is 4.61. The number of rotatable bonds is 15.